The largest absolute Gasteiger partial charge is 0.478 e. The van der Waals surface area contributed by atoms with E-state index in [0.29, 0.717) is 12.2 Å². The molecule has 0 amide bonds. The van der Waals surface area contributed by atoms with Crippen molar-refractivity contribution in [3.63, 3.8) is 0 Å². The Bertz CT molecular complexity index is 887. The Morgan fingerprint density at radius 2 is 1.67 bits per heavy atom. The molecule has 2 rings (SSSR count). The van der Waals surface area contributed by atoms with Crippen molar-refractivity contribution in [2.24, 2.45) is 0 Å². The van der Waals surface area contributed by atoms with E-state index in [9.17, 15) is 13.2 Å². The number of carbonyl (C=O) groups is 1. The van der Waals surface area contributed by atoms with Crippen molar-refractivity contribution in [1.82, 2.24) is 4.72 Å². The first-order valence-corrected chi connectivity index (χ1v) is 10.1. The van der Waals surface area contributed by atoms with E-state index in [1.54, 1.807) is 55.5 Å². The third kappa shape index (κ3) is 5.80. The van der Waals surface area contributed by atoms with E-state index in [0.717, 1.165) is 11.1 Å². The number of rotatable bonds is 8. The molecular weight excluding hydrogens is 366 g/mol. The van der Waals surface area contributed by atoms with Gasteiger partial charge >= 0.3 is 5.97 Å². The zero-order valence-corrected chi connectivity index (χ0v) is 16.7. The van der Waals surface area contributed by atoms with Gasteiger partial charge in [-0.2, -0.15) is 0 Å². The summed E-state index contributed by atoms with van der Waals surface area (Å²) in [6, 6.07) is 13.3. The van der Waals surface area contributed by atoms with Crippen molar-refractivity contribution in [2.75, 3.05) is 0 Å². The number of hydrogen-bond acceptors (Lipinski definition) is 4. The van der Waals surface area contributed by atoms with Gasteiger partial charge in [-0.05, 0) is 63.9 Å². The highest BCUT2D eigenvalue weighted by Gasteiger charge is 2.29. The zero-order chi connectivity index (χ0) is 20.2. The molecule has 2 aromatic carbocycles. The molecule has 2 N–H and O–H groups in total. The van der Waals surface area contributed by atoms with Gasteiger partial charge < -0.3 is 9.84 Å². The van der Waals surface area contributed by atoms with Gasteiger partial charge in [0.1, 0.15) is 5.75 Å². The number of benzene rings is 2. The Kier molecular flexibility index (Phi) is 6.28. The molecule has 7 heteroatoms. The number of hydrogen-bond donors (Lipinski definition) is 2. The smallest absolute Gasteiger partial charge is 0.347 e. The SMILES string of the molecule is Cc1ccc(S(=O)(=O)NC(C)Cc2ccc(OC(C)(C)C(=O)O)cc2)cc1. The predicted octanol–water partition coefficient (Wildman–Crippen LogP) is 3.15. The topological polar surface area (TPSA) is 92.7 Å². The molecule has 0 saturated carbocycles. The summed E-state index contributed by atoms with van der Waals surface area (Å²) in [5, 5.41) is 9.10. The molecule has 0 aliphatic rings. The van der Waals surface area contributed by atoms with Crippen molar-refractivity contribution >= 4 is 16.0 Å². The molecule has 0 heterocycles. The van der Waals surface area contributed by atoms with Crippen LogP contribution in [0.3, 0.4) is 0 Å². The Morgan fingerprint density at radius 3 is 2.19 bits per heavy atom. The average Bonchev–Trinajstić information content (AvgIpc) is 2.56. The summed E-state index contributed by atoms with van der Waals surface area (Å²) in [5.41, 5.74) is 0.586. The highest BCUT2D eigenvalue weighted by atomic mass is 32.2. The van der Waals surface area contributed by atoms with Crippen molar-refractivity contribution in [2.45, 2.75) is 50.7 Å². The number of carboxylic acids is 1. The van der Waals surface area contributed by atoms with Crippen LogP contribution in [0.1, 0.15) is 31.9 Å². The first kappa shape index (κ1) is 20.9. The number of sulfonamides is 1. The normalized spacial score (nSPS) is 13.2. The third-order valence-electron chi connectivity index (χ3n) is 4.04. The van der Waals surface area contributed by atoms with Crippen LogP contribution in [0.15, 0.2) is 53.4 Å². The van der Waals surface area contributed by atoms with E-state index >= 15 is 0 Å². The summed E-state index contributed by atoms with van der Waals surface area (Å²) >= 11 is 0. The molecule has 0 fully saturated rings. The van der Waals surface area contributed by atoms with Crippen LogP contribution in [0.2, 0.25) is 0 Å². The number of nitrogens with one attached hydrogen (secondary N) is 1. The second-order valence-electron chi connectivity index (χ2n) is 7.10. The van der Waals surface area contributed by atoms with Crippen LogP contribution in [0.25, 0.3) is 0 Å². The van der Waals surface area contributed by atoms with Crippen molar-refractivity contribution in [3.05, 3.63) is 59.7 Å². The van der Waals surface area contributed by atoms with Gasteiger partial charge in [0.15, 0.2) is 5.60 Å². The van der Waals surface area contributed by atoms with Crippen LogP contribution in [0.4, 0.5) is 0 Å². The van der Waals surface area contributed by atoms with Gasteiger partial charge in [-0.15, -0.1) is 0 Å². The van der Waals surface area contributed by atoms with Crippen LogP contribution >= 0.6 is 0 Å². The van der Waals surface area contributed by atoms with Crippen molar-refractivity contribution in [3.8, 4) is 5.75 Å². The van der Waals surface area contributed by atoms with Gasteiger partial charge in [-0.25, -0.2) is 17.9 Å². The maximum atomic E-state index is 12.4. The minimum Gasteiger partial charge on any atom is -0.478 e. The fraction of sp³-hybridized carbons (Fsp3) is 0.350. The lowest BCUT2D eigenvalue weighted by Gasteiger charge is -2.21. The molecular formula is C20H25NO5S. The minimum atomic E-state index is -3.58. The van der Waals surface area contributed by atoms with Crippen LogP contribution in [-0.4, -0.2) is 31.1 Å². The highest BCUT2D eigenvalue weighted by Crippen LogP contribution is 2.20. The average molecular weight is 391 g/mol. The zero-order valence-electron chi connectivity index (χ0n) is 15.9. The van der Waals surface area contributed by atoms with Crippen LogP contribution in [0, 0.1) is 6.92 Å². The highest BCUT2D eigenvalue weighted by molar-refractivity contribution is 7.89. The number of aliphatic carboxylic acids is 1. The van der Waals surface area contributed by atoms with Gasteiger partial charge in [0.05, 0.1) is 4.90 Å². The van der Waals surface area contributed by atoms with Gasteiger partial charge in [0.25, 0.3) is 0 Å². The molecule has 2 aromatic rings. The molecule has 0 aliphatic heterocycles. The van der Waals surface area contributed by atoms with Gasteiger partial charge in [-0.3, -0.25) is 0 Å². The maximum absolute atomic E-state index is 12.4. The van der Waals surface area contributed by atoms with Gasteiger partial charge in [0, 0.05) is 6.04 Å². The number of carboxylic acid groups (broad SMARTS) is 1. The predicted molar refractivity (Wildman–Crippen MR) is 103 cm³/mol. The molecule has 1 atom stereocenters. The molecule has 0 aliphatic carbocycles. The molecule has 6 nitrogen and oxygen atoms in total. The standard InChI is InChI=1S/C20H25NO5S/c1-14-5-11-18(12-6-14)27(24,25)21-15(2)13-16-7-9-17(10-8-16)26-20(3,4)19(22)23/h5-12,15,21H,13H2,1-4H3,(H,22,23). The van der Waals surface area contributed by atoms with E-state index in [1.165, 1.54) is 13.8 Å². The Labute approximate surface area is 160 Å². The molecule has 0 bridgehead atoms. The lowest BCUT2D eigenvalue weighted by molar-refractivity contribution is -0.152. The fourth-order valence-corrected chi connectivity index (χ4v) is 3.72. The van der Waals surface area contributed by atoms with E-state index in [1.807, 2.05) is 6.92 Å². The van der Waals surface area contributed by atoms with E-state index in [4.69, 9.17) is 9.84 Å². The molecule has 146 valence electrons. The Hall–Kier alpha value is -2.38. The third-order valence-corrected chi connectivity index (χ3v) is 5.65. The van der Waals surface area contributed by atoms with Crippen molar-refractivity contribution < 1.29 is 23.1 Å². The van der Waals surface area contributed by atoms with E-state index in [2.05, 4.69) is 4.72 Å². The number of ether oxygens (including phenoxy) is 1. The Balaban J connectivity index is 2.00. The monoisotopic (exact) mass is 391 g/mol. The van der Waals surface area contributed by atoms with Crippen LogP contribution in [0.5, 0.6) is 5.75 Å². The lowest BCUT2D eigenvalue weighted by Crippen LogP contribution is -2.37. The quantitative estimate of drug-likeness (QED) is 0.721. The summed E-state index contributed by atoms with van der Waals surface area (Å²) < 4.78 is 33.0. The summed E-state index contributed by atoms with van der Waals surface area (Å²) in [5.74, 6) is -0.607. The summed E-state index contributed by atoms with van der Waals surface area (Å²) in [7, 11) is -3.58. The minimum absolute atomic E-state index is 0.236. The molecule has 0 aromatic heterocycles. The van der Waals surface area contributed by atoms with Crippen molar-refractivity contribution in [1.29, 1.82) is 0 Å². The summed E-state index contributed by atoms with van der Waals surface area (Å²) in [6.07, 6.45) is 0.494. The second-order valence-corrected chi connectivity index (χ2v) is 8.81. The van der Waals surface area contributed by atoms with E-state index < -0.39 is 21.6 Å². The molecule has 1 unspecified atom stereocenters. The van der Waals surface area contributed by atoms with Crippen LogP contribution < -0.4 is 9.46 Å². The first-order chi connectivity index (χ1) is 12.5. The summed E-state index contributed by atoms with van der Waals surface area (Å²) in [4.78, 5) is 11.4. The molecule has 0 spiro atoms. The Morgan fingerprint density at radius 1 is 1.11 bits per heavy atom. The molecule has 0 saturated heterocycles. The molecule has 0 radical (unpaired) electrons. The number of aryl methyl sites for hydroxylation is 1. The maximum Gasteiger partial charge on any atom is 0.347 e. The fourth-order valence-electron chi connectivity index (χ4n) is 2.48. The molecule has 27 heavy (non-hydrogen) atoms. The first-order valence-electron chi connectivity index (χ1n) is 8.60. The van der Waals surface area contributed by atoms with Gasteiger partial charge in [0.2, 0.25) is 10.0 Å². The van der Waals surface area contributed by atoms with Gasteiger partial charge in [-0.1, -0.05) is 29.8 Å². The van der Waals surface area contributed by atoms with E-state index in [-0.39, 0.29) is 10.9 Å². The lowest BCUT2D eigenvalue weighted by atomic mass is 10.1. The summed E-state index contributed by atoms with van der Waals surface area (Å²) in [6.45, 7) is 6.65. The van der Waals surface area contributed by atoms with Crippen LogP contribution in [-0.2, 0) is 21.2 Å². The second kappa shape index (κ2) is 8.10.